The predicted octanol–water partition coefficient (Wildman–Crippen LogP) is 0.179. The number of aliphatic carboxylic acids is 1. The summed E-state index contributed by atoms with van der Waals surface area (Å²) in [6.45, 7) is 3.14. The van der Waals surface area contributed by atoms with E-state index in [-0.39, 0.29) is 0 Å². The first-order chi connectivity index (χ1) is 7.70. The molecule has 17 heavy (non-hydrogen) atoms. The van der Waals surface area contributed by atoms with Gasteiger partial charge in [0, 0.05) is 6.26 Å². The van der Waals surface area contributed by atoms with Crippen LogP contribution in [0.15, 0.2) is 0 Å². The van der Waals surface area contributed by atoms with Gasteiger partial charge in [-0.05, 0) is 13.3 Å². The van der Waals surface area contributed by atoms with Crippen molar-refractivity contribution in [3.05, 3.63) is 0 Å². The van der Waals surface area contributed by atoms with E-state index in [1.807, 2.05) is 6.92 Å². The third kappa shape index (κ3) is 5.67. The number of carboxylic acid groups (broad SMARTS) is 1. The number of hydrogen-bond acceptors (Lipinski definition) is 4. The fourth-order valence-corrected chi connectivity index (χ4v) is 1.61. The number of carbonyl (C=O) groups excluding carboxylic acids is 1. The van der Waals surface area contributed by atoms with Crippen molar-refractivity contribution in [1.29, 1.82) is 0 Å². The third-order valence-electron chi connectivity index (χ3n) is 2.47. The van der Waals surface area contributed by atoms with E-state index >= 15 is 0 Å². The fourth-order valence-electron chi connectivity index (χ4n) is 1.15. The number of hydrogen-bond donors (Lipinski definition) is 2. The van der Waals surface area contributed by atoms with Gasteiger partial charge < -0.3 is 10.4 Å². The summed E-state index contributed by atoms with van der Waals surface area (Å²) < 4.78 is 22.3. The minimum Gasteiger partial charge on any atom is -0.480 e. The maximum absolute atomic E-state index is 11.5. The minimum absolute atomic E-state index is 0.300. The van der Waals surface area contributed by atoms with Crippen molar-refractivity contribution < 1.29 is 23.1 Å². The number of sulfone groups is 1. The van der Waals surface area contributed by atoms with Gasteiger partial charge in [0.2, 0.25) is 5.91 Å². The lowest BCUT2D eigenvalue weighted by molar-refractivity contribution is -0.141. The molecule has 1 amide bonds. The standard InChI is InChI=1S/C10H19NO5S/c1-4-5-6-8(10(13)14)11-9(12)7(2)17(3,15)16/h7-8H,4-6H2,1-3H3,(H,11,12)(H,13,14). The van der Waals surface area contributed by atoms with Crippen molar-refractivity contribution in [1.82, 2.24) is 5.32 Å². The summed E-state index contributed by atoms with van der Waals surface area (Å²) in [5, 5.41) is 9.88. The second-order valence-electron chi connectivity index (χ2n) is 4.01. The van der Waals surface area contributed by atoms with Crippen LogP contribution in [0.2, 0.25) is 0 Å². The lowest BCUT2D eigenvalue weighted by atomic mass is 10.1. The molecule has 2 N–H and O–H groups in total. The van der Waals surface area contributed by atoms with Crippen LogP contribution < -0.4 is 5.32 Å². The van der Waals surface area contributed by atoms with Gasteiger partial charge in [0.1, 0.15) is 11.3 Å². The topological polar surface area (TPSA) is 101 Å². The lowest BCUT2D eigenvalue weighted by Gasteiger charge is -2.16. The van der Waals surface area contributed by atoms with Crippen molar-refractivity contribution in [3.63, 3.8) is 0 Å². The molecule has 0 saturated heterocycles. The molecule has 0 rings (SSSR count). The summed E-state index contributed by atoms with van der Waals surface area (Å²) in [5.41, 5.74) is 0. The highest BCUT2D eigenvalue weighted by molar-refractivity contribution is 7.92. The van der Waals surface area contributed by atoms with E-state index in [1.54, 1.807) is 0 Å². The van der Waals surface area contributed by atoms with E-state index in [4.69, 9.17) is 5.11 Å². The van der Waals surface area contributed by atoms with E-state index in [9.17, 15) is 18.0 Å². The Balaban J connectivity index is 4.56. The van der Waals surface area contributed by atoms with Crippen LogP contribution in [0.3, 0.4) is 0 Å². The van der Waals surface area contributed by atoms with Crippen molar-refractivity contribution in [2.45, 2.75) is 44.4 Å². The van der Waals surface area contributed by atoms with E-state index < -0.39 is 33.0 Å². The zero-order chi connectivity index (χ0) is 13.6. The van der Waals surface area contributed by atoms with Crippen LogP contribution in [-0.4, -0.2) is 42.9 Å². The van der Waals surface area contributed by atoms with Crippen LogP contribution in [0.1, 0.15) is 33.1 Å². The Bertz CT molecular complexity index is 376. The molecule has 100 valence electrons. The second-order valence-corrected chi connectivity index (χ2v) is 6.38. The molecule has 7 heteroatoms. The normalized spacial score (nSPS) is 15.0. The largest absolute Gasteiger partial charge is 0.480 e. The number of rotatable bonds is 7. The molecule has 0 bridgehead atoms. The average molecular weight is 265 g/mol. The Kier molecular flexibility index (Phi) is 6.15. The molecule has 0 radical (unpaired) electrons. The summed E-state index contributed by atoms with van der Waals surface area (Å²) in [7, 11) is -3.50. The van der Waals surface area contributed by atoms with Gasteiger partial charge in [-0.2, -0.15) is 0 Å². The molecule has 0 spiro atoms. The van der Waals surface area contributed by atoms with Gasteiger partial charge in [-0.1, -0.05) is 19.8 Å². The average Bonchev–Trinajstić information content (AvgIpc) is 2.20. The molecule has 0 saturated carbocycles. The smallest absolute Gasteiger partial charge is 0.326 e. The van der Waals surface area contributed by atoms with E-state index in [0.717, 1.165) is 12.7 Å². The van der Waals surface area contributed by atoms with Crippen LogP contribution in [-0.2, 0) is 19.4 Å². The number of unbranched alkanes of at least 4 members (excludes halogenated alkanes) is 1. The Morgan fingerprint density at radius 1 is 1.35 bits per heavy atom. The number of carbonyl (C=O) groups is 2. The zero-order valence-electron chi connectivity index (χ0n) is 10.3. The SMILES string of the molecule is CCCCC(NC(=O)C(C)S(C)(=O)=O)C(=O)O. The van der Waals surface area contributed by atoms with Crippen molar-refractivity contribution >= 4 is 21.7 Å². The van der Waals surface area contributed by atoms with Crippen LogP contribution in [0.25, 0.3) is 0 Å². The number of amides is 1. The molecule has 0 aromatic carbocycles. The molecule has 0 fully saturated rings. The van der Waals surface area contributed by atoms with Crippen LogP contribution in [0.4, 0.5) is 0 Å². The molecule has 0 aromatic rings. The first-order valence-corrected chi connectivity index (χ1v) is 7.37. The molecule has 0 aromatic heterocycles. The van der Waals surface area contributed by atoms with E-state index in [2.05, 4.69) is 5.32 Å². The monoisotopic (exact) mass is 265 g/mol. The Hall–Kier alpha value is -1.11. The number of carboxylic acids is 1. The molecule has 0 aliphatic rings. The Morgan fingerprint density at radius 2 is 1.88 bits per heavy atom. The van der Waals surface area contributed by atoms with Crippen molar-refractivity contribution in [2.75, 3.05) is 6.26 Å². The highest BCUT2D eigenvalue weighted by atomic mass is 32.2. The van der Waals surface area contributed by atoms with Gasteiger partial charge in [0.05, 0.1) is 0 Å². The Morgan fingerprint density at radius 3 is 2.24 bits per heavy atom. The maximum Gasteiger partial charge on any atom is 0.326 e. The van der Waals surface area contributed by atoms with E-state index in [0.29, 0.717) is 12.8 Å². The summed E-state index contributed by atoms with van der Waals surface area (Å²) in [6.07, 6.45) is 2.71. The fraction of sp³-hybridized carbons (Fsp3) is 0.800. The Labute approximate surface area is 101 Å². The van der Waals surface area contributed by atoms with Crippen molar-refractivity contribution in [3.8, 4) is 0 Å². The minimum atomic E-state index is -3.50. The van der Waals surface area contributed by atoms with E-state index in [1.165, 1.54) is 6.92 Å². The molecule has 0 aliphatic carbocycles. The first kappa shape index (κ1) is 15.9. The summed E-state index contributed by atoms with van der Waals surface area (Å²) in [5.74, 6) is -1.91. The summed E-state index contributed by atoms with van der Waals surface area (Å²) in [6, 6.07) is -1.02. The molecule has 0 heterocycles. The van der Waals surface area contributed by atoms with Gasteiger partial charge in [-0.15, -0.1) is 0 Å². The molecule has 2 unspecified atom stereocenters. The first-order valence-electron chi connectivity index (χ1n) is 5.42. The second kappa shape index (κ2) is 6.58. The lowest BCUT2D eigenvalue weighted by Crippen LogP contribution is -2.46. The highest BCUT2D eigenvalue weighted by Gasteiger charge is 2.27. The highest BCUT2D eigenvalue weighted by Crippen LogP contribution is 2.04. The third-order valence-corrected chi connectivity index (χ3v) is 3.97. The van der Waals surface area contributed by atoms with Crippen LogP contribution >= 0.6 is 0 Å². The zero-order valence-corrected chi connectivity index (χ0v) is 11.1. The molecule has 0 aliphatic heterocycles. The van der Waals surface area contributed by atoms with Gasteiger partial charge >= 0.3 is 5.97 Å². The molecule has 2 atom stereocenters. The van der Waals surface area contributed by atoms with Crippen molar-refractivity contribution in [2.24, 2.45) is 0 Å². The summed E-state index contributed by atoms with van der Waals surface area (Å²) in [4.78, 5) is 22.4. The van der Waals surface area contributed by atoms with Gasteiger partial charge in [-0.25, -0.2) is 13.2 Å². The van der Waals surface area contributed by atoms with Gasteiger partial charge in [0.15, 0.2) is 9.84 Å². The van der Waals surface area contributed by atoms with Gasteiger partial charge in [-0.3, -0.25) is 4.79 Å². The van der Waals surface area contributed by atoms with Crippen LogP contribution in [0, 0.1) is 0 Å². The molecular formula is C10H19NO5S. The van der Waals surface area contributed by atoms with Gasteiger partial charge in [0.25, 0.3) is 0 Å². The maximum atomic E-state index is 11.5. The number of nitrogens with one attached hydrogen (secondary N) is 1. The quantitative estimate of drug-likeness (QED) is 0.684. The molecule has 6 nitrogen and oxygen atoms in total. The summed E-state index contributed by atoms with van der Waals surface area (Å²) >= 11 is 0. The molecular weight excluding hydrogens is 246 g/mol. The van der Waals surface area contributed by atoms with Crippen LogP contribution in [0.5, 0.6) is 0 Å². The predicted molar refractivity (Wildman–Crippen MR) is 63.4 cm³/mol.